The third-order valence-electron chi connectivity index (χ3n) is 0.246. The van der Waals surface area contributed by atoms with Gasteiger partial charge in [-0.3, -0.25) is 0 Å². The van der Waals surface area contributed by atoms with Crippen LogP contribution in [0.1, 0.15) is 20.3 Å². The van der Waals surface area contributed by atoms with Crippen molar-refractivity contribution in [3.05, 3.63) is 0 Å². The van der Waals surface area contributed by atoms with Gasteiger partial charge in [0, 0.05) is 0 Å². The third-order valence-corrected chi connectivity index (χ3v) is 0.554. The van der Waals surface area contributed by atoms with E-state index in [9.17, 15) is 4.79 Å². The van der Waals surface area contributed by atoms with E-state index in [0.29, 0.717) is 0 Å². The van der Waals surface area contributed by atoms with Crippen LogP contribution in [-0.4, -0.2) is 10.6 Å². The van der Waals surface area contributed by atoms with Gasteiger partial charge in [-0.2, -0.15) is 5.26 Å². The van der Waals surface area contributed by atoms with Crippen molar-refractivity contribution in [3.63, 3.8) is 0 Å². The zero-order chi connectivity index (χ0) is 8.57. The molecule has 0 spiro atoms. The highest BCUT2D eigenvalue weighted by atomic mass is 35.5. The number of ketones is 1. The number of Topliss-reactive ketones (excluding diaryl/α,β-unsaturated/α-hetero) is 1. The fourth-order valence-electron chi connectivity index (χ4n) is 0.0690. The van der Waals surface area contributed by atoms with Crippen LogP contribution >= 0.6 is 23.2 Å². The number of carbonyl (C=O) groups is 1. The summed E-state index contributed by atoms with van der Waals surface area (Å²) in [6.07, 6.45) is 0.211. The van der Waals surface area contributed by atoms with Gasteiger partial charge >= 0.3 is 0 Å². The standard InChI is InChI=1S/C3H3Cl2N.C3H6O/c4-3(5)1-2-6;1-3(2)4/h3H,1H2;1-2H3. The van der Waals surface area contributed by atoms with Crippen molar-refractivity contribution < 1.29 is 4.79 Å². The molecule has 0 rings (SSSR count). The molecular formula is C6H9Cl2NO. The first-order chi connectivity index (χ1) is 4.50. The minimum Gasteiger partial charge on any atom is -0.300 e. The van der Waals surface area contributed by atoms with Gasteiger partial charge in [-0.05, 0) is 13.8 Å². The van der Waals surface area contributed by atoms with E-state index in [1.807, 2.05) is 0 Å². The average Bonchev–Trinajstić information content (AvgIpc) is 1.62. The molecule has 0 fully saturated rings. The Kier molecular flexibility index (Phi) is 10.9. The topological polar surface area (TPSA) is 40.9 Å². The highest BCUT2D eigenvalue weighted by Crippen LogP contribution is 2.03. The van der Waals surface area contributed by atoms with Crippen LogP contribution in [0.3, 0.4) is 0 Å². The molecule has 10 heavy (non-hydrogen) atoms. The average molecular weight is 182 g/mol. The summed E-state index contributed by atoms with van der Waals surface area (Å²) >= 11 is 10.2. The summed E-state index contributed by atoms with van der Waals surface area (Å²) in [6, 6.07) is 1.80. The number of alkyl halides is 2. The first-order valence-electron chi connectivity index (χ1n) is 2.63. The molecular weight excluding hydrogens is 173 g/mol. The quantitative estimate of drug-likeness (QED) is 0.583. The van der Waals surface area contributed by atoms with Crippen LogP contribution in [0, 0.1) is 11.3 Å². The van der Waals surface area contributed by atoms with Crippen LogP contribution in [-0.2, 0) is 4.79 Å². The van der Waals surface area contributed by atoms with Gasteiger partial charge in [0.05, 0.1) is 12.5 Å². The maximum absolute atomic E-state index is 9.44. The Hall–Kier alpha value is -0.260. The second-order valence-electron chi connectivity index (χ2n) is 1.66. The van der Waals surface area contributed by atoms with Crippen molar-refractivity contribution >= 4 is 29.0 Å². The number of nitriles is 1. The van der Waals surface area contributed by atoms with Gasteiger partial charge in [-0.15, -0.1) is 23.2 Å². The van der Waals surface area contributed by atoms with Gasteiger partial charge in [0.25, 0.3) is 0 Å². The number of rotatable bonds is 1. The van der Waals surface area contributed by atoms with Crippen molar-refractivity contribution in [2.75, 3.05) is 0 Å². The molecule has 0 N–H and O–H groups in total. The summed E-state index contributed by atoms with van der Waals surface area (Å²) in [4.78, 5) is 8.93. The number of carbonyl (C=O) groups excluding carboxylic acids is 1. The Balaban J connectivity index is 0. The molecule has 0 amide bonds. The Morgan fingerprint density at radius 1 is 1.60 bits per heavy atom. The first-order valence-corrected chi connectivity index (χ1v) is 3.50. The van der Waals surface area contributed by atoms with E-state index in [1.54, 1.807) is 6.07 Å². The molecule has 0 aliphatic carbocycles. The molecule has 0 aromatic heterocycles. The summed E-state index contributed by atoms with van der Waals surface area (Å²) in [5.41, 5.74) is 0. The molecule has 0 saturated heterocycles. The van der Waals surface area contributed by atoms with Gasteiger partial charge in [-0.25, -0.2) is 0 Å². The van der Waals surface area contributed by atoms with Crippen molar-refractivity contribution in [2.24, 2.45) is 0 Å². The largest absolute Gasteiger partial charge is 0.300 e. The highest BCUT2D eigenvalue weighted by molar-refractivity contribution is 6.44. The van der Waals surface area contributed by atoms with Crippen LogP contribution < -0.4 is 0 Å². The molecule has 0 aromatic carbocycles. The second-order valence-corrected chi connectivity index (χ2v) is 2.94. The molecule has 2 nitrogen and oxygen atoms in total. The van der Waals surface area contributed by atoms with Crippen molar-refractivity contribution in [3.8, 4) is 6.07 Å². The van der Waals surface area contributed by atoms with E-state index < -0.39 is 4.84 Å². The smallest absolute Gasteiger partial charge is 0.126 e. The van der Waals surface area contributed by atoms with Crippen molar-refractivity contribution in [1.82, 2.24) is 0 Å². The molecule has 0 bridgehead atoms. The summed E-state index contributed by atoms with van der Waals surface area (Å²) in [6.45, 7) is 3.06. The maximum Gasteiger partial charge on any atom is 0.126 e. The minimum atomic E-state index is -0.519. The van der Waals surface area contributed by atoms with Crippen LogP contribution in [0.2, 0.25) is 0 Å². The molecule has 4 heteroatoms. The molecule has 0 atom stereocenters. The number of hydrogen-bond donors (Lipinski definition) is 0. The van der Waals surface area contributed by atoms with Crippen LogP contribution in [0.25, 0.3) is 0 Å². The monoisotopic (exact) mass is 181 g/mol. The van der Waals surface area contributed by atoms with E-state index in [1.165, 1.54) is 13.8 Å². The lowest BCUT2D eigenvalue weighted by atomic mass is 10.6. The molecule has 0 saturated carbocycles. The fourth-order valence-corrected chi connectivity index (χ4v) is 0.207. The van der Waals surface area contributed by atoms with E-state index in [-0.39, 0.29) is 12.2 Å². The number of halogens is 2. The lowest BCUT2D eigenvalue weighted by molar-refractivity contribution is -0.114. The van der Waals surface area contributed by atoms with E-state index in [4.69, 9.17) is 28.5 Å². The molecule has 0 unspecified atom stereocenters. The van der Waals surface area contributed by atoms with Gasteiger partial charge in [-0.1, -0.05) is 0 Å². The van der Waals surface area contributed by atoms with Crippen LogP contribution in [0.4, 0.5) is 0 Å². The van der Waals surface area contributed by atoms with E-state index in [0.717, 1.165) is 0 Å². The number of nitrogens with zero attached hydrogens (tertiary/aromatic N) is 1. The van der Waals surface area contributed by atoms with Crippen molar-refractivity contribution in [2.45, 2.75) is 25.1 Å². The molecule has 0 aromatic rings. The SMILES string of the molecule is CC(C)=O.N#CCC(Cl)Cl. The summed E-state index contributed by atoms with van der Waals surface area (Å²) in [5.74, 6) is 0.167. The maximum atomic E-state index is 9.44. The van der Waals surface area contributed by atoms with Gasteiger partial charge in [0.1, 0.15) is 10.6 Å². The Bertz CT molecular complexity index is 124. The first kappa shape index (κ1) is 12.4. The van der Waals surface area contributed by atoms with E-state index >= 15 is 0 Å². The molecule has 0 aliphatic rings. The predicted molar refractivity (Wildman–Crippen MR) is 42.1 cm³/mol. The second kappa shape index (κ2) is 8.74. The van der Waals surface area contributed by atoms with Crippen LogP contribution in [0.15, 0.2) is 0 Å². The van der Waals surface area contributed by atoms with Gasteiger partial charge in [0.15, 0.2) is 0 Å². The molecule has 0 radical (unpaired) electrons. The number of hydrogen-bond acceptors (Lipinski definition) is 2. The Morgan fingerprint density at radius 3 is 1.90 bits per heavy atom. The molecule has 0 aliphatic heterocycles. The normalized spacial score (nSPS) is 7.60. The van der Waals surface area contributed by atoms with E-state index in [2.05, 4.69) is 0 Å². The van der Waals surface area contributed by atoms with Gasteiger partial charge in [0.2, 0.25) is 0 Å². The lowest BCUT2D eigenvalue weighted by Crippen LogP contribution is -1.78. The highest BCUT2D eigenvalue weighted by Gasteiger charge is 1.91. The van der Waals surface area contributed by atoms with Crippen molar-refractivity contribution in [1.29, 1.82) is 5.26 Å². The Labute approximate surface area is 70.7 Å². The fraction of sp³-hybridized carbons (Fsp3) is 0.667. The zero-order valence-corrected chi connectivity index (χ0v) is 7.41. The molecule has 58 valence electrons. The lowest BCUT2D eigenvalue weighted by Gasteiger charge is -1.82. The van der Waals surface area contributed by atoms with Gasteiger partial charge < -0.3 is 4.79 Å². The zero-order valence-electron chi connectivity index (χ0n) is 5.90. The Morgan fingerprint density at radius 2 is 1.90 bits per heavy atom. The summed E-state index contributed by atoms with van der Waals surface area (Å²) < 4.78 is 0. The summed E-state index contributed by atoms with van der Waals surface area (Å²) in [7, 11) is 0. The molecule has 0 heterocycles. The van der Waals surface area contributed by atoms with Crippen LogP contribution in [0.5, 0.6) is 0 Å². The third kappa shape index (κ3) is 46.8. The minimum absolute atomic E-state index is 0.167. The summed E-state index contributed by atoms with van der Waals surface area (Å²) in [5, 5.41) is 7.82. The predicted octanol–water partition coefficient (Wildman–Crippen LogP) is 2.30.